The van der Waals surface area contributed by atoms with Crippen molar-refractivity contribution in [2.75, 3.05) is 6.61 Å². The monoisotopic (exact) mass is 290 g/mol. The highest BCUT2D eigenvalue weighted by Crippen LogP contribution is 2.39. The van der Waals surface area contributed by atoms with Crippen molar-refractivity contribution in [3.63, 3.8) is 0 Å². The van der Waals surface area contributed by atoms with Gasteiger partial charge in [-0.2, -0.15) is 0 Å². The molecule has 0 heterocycles. The largest absolute Gasteiger partial charge is 0.460 e. The van der Waals surface area contributed by atoms with Crippen LogP contribution in [0.25, 0.3) is 0 Å². The van der Waals surface area contributed by atoms with Gasteiger partial charge < -0.3 is 4.74 Å². The summed E-state index contributed by atoms with van der Waals surface area (Å²) in [5.41, 5.74) is 0.0638. The molecule has 1 atom stereocenters. The second kappa shape index (κ2) is 8.67. The molecule has 0 aromatic rings. The summed E-state index contributed by atoms with van der Waals surface area (Å²) in [5.74, 6) is 5.65. The van der Waals surface area contributed by atoms with E-state index in [9.17, 15) is 9.59 Å². The van der Waals surface area contributed by atoms with Gasteiger partial charge in [0.15, 0.2) is 5.78 Å². The maximum absolute atomic E-state index is 12.4. The smallest absolute Gasteiger partial charge is 0.320 e. The normalized spacial score (nSPS) is 21.9. The molecular formula is C18H26O3. The first kappa shape index (κ1) is 17.5. The van der Waals surface area contributed by atoms with Crippen molar-refractivity contribution >= 4 is 11.8 Å². The number of allylic oxidation sites excluding steroid dienone is 1. The van der Waals surface area contributed by atoms with Gasteiger partial charge in [-0.1, -0.05) is 19.9 Å². The maximum Gasteiger partial charge on any atom is 0.320 e. The van der Waals surface area contributed by atoms with Crippen molar-refractivity contribution in [1.29, 1.82) is 0 Å². The molecule has 0 bridgehead atoms. The van der Waals surface area contributed by atoms with Crippen molar-refractivity contribution < 1.29 is 14.3 Å². The van der Waals surface area contributed by atoms with Crippen molar-refractivity contribution in [2.45, 2.75) is 65.7 Å². The third kappa shape index (κ3) is 4.46. The maximum atomic E-state index is 12.4. The molecule has 1 unspecified atom stereocenters. The van der Waals surface area contributed by atoms with Gasteiger partial charge in [0.05, 0.1) is 0 Å². The molecule has 0 spiro atoms. The molecular weight excluding hydrogens is 264 g/mol. The molecule has 1 rings (SSSR count). The average molecular weight is 290 g/mol. The Labute approximate surface area is 128 Å². The van der Waals surface area contributed by atoms with Crippen LogP contribution >= 0.6 is 0 Å². The highest BCUT2D eigenvalue weighted by atomic mass is 16.5. The van der Waals surface area contributed by atoms with Gasteiger partial charge in [-0.25, -0.2) is 0 Å². The Bertz CT molecular complexity index is 465. The van der Waals surface area contributed by atoms with Crippen LogP contribution in [0.2, 0.25) is 0 Å². The Morgan fingerprint density at radius 1 is 1.38 bits per heavy atom. The molecule has 0 saturated heterocycles. The van der Waals surface area contributed by atoms with Crippen LogP contribution in [0.5, 0.6) is 0 Å². The minimum atomic E-state index is -1.01. The zero-order valence-electron chi connectivity index (χ0n) is 13.5. The number of hydrogen-bond acceptors (Lipinski definition) is 3. The van der Waals surface area contributed by atoms with E-state index in [0.717, 1.165) is 31.3 Å². The van der Waals surface area contributed by atoms with Crippen LogP contribution in [0.4, 0.5) is 0 Å². The molecule has 0 radical (unpaired) electrons. The van der Waals surface area contributed by atoms with Gasteiger partial charge in [-0.3, -0.25) is 9.59 Å². The molecule has 0 aromatic heterocycles. The standard InChI is InChI=1S/C18H26O3/c1-4-7-8-9-12-18(13-10-11-16(18)19)17(20)21-14-15(5-2)6-3/h5H,4,6-7,10-14H2,1-3H3. The van der Waals surface area contributed by atoms with E-state index in [0.29, 0.717) is 19.3 Å². The minimum absolute atomic E-state index is 0.00294. The summed E-state index contributed by atoms with van der Waals surface area (Å²) in [7, 11) is 0. The van der Waals surface area contributed by atoms with E-state index < -0.39 is 5.41 Å². The Kier molecular flexibility index (Phi) is 7.22. The van der Waals surface area contributed by atoms with E-state index in [2.05, 4.69) is 18.8 Å². The van der Waals surface area contributed by atoms with Crippen LogP contribution in [0.1, 0.15) is 65.7 Å². The van der Waals surface area contributed by atoms with Crippen LogP contribution in [-0.2, 0) is 14.3 Å². The number of hydrogen-bond donors (Lipinski definition) is 0. The molecule has 3 heteroatoms. The van der Waals surface area contributed by atoms with Crippen molar-refractivity contribution in [2.24, 2.45) is 5.41 Å². The minimum Gasteiger partial charge on any atom is -0.460 e. The SMILES string of the molecule is CC=C(CC)COC(=O)C1(CC#CCCC)CCCC1=O. The van der Waals surface area contributed by atoms with Crippen molar-refractivity contribution in [3.8, 4) is 11.8 Å². The van der Waals surface area contributed by atoms with Gasteiger partial charge in [0, 0.05) is 19.3 Å². The molecule has 1 fully saturated rings. The van der Waals surface area contributed by atoms with Crippen LogP contribution in [0.15, 0.2) is 11.6 Å². The molecule has 1 aliphatic carbocycles. The number of carbonyl (C=O) groups is 2. The quantitative estimate of drug-likeness (QED) is 0.323. The summed E-state index contributed by atoms with van der Waals surface area (Å²) in [6, 6.07) is 0. The number of carbonyl (C=O) groups excluding carboxylic acids is 2. The van der Waals surface area contributed by atoms with Gasteiger partial charge in [-0.05, 0) is 38.2 Å². The summed E-state index contributed by atoms with van der Waals surface area (Å²) < 4.78 is 5.40. The molecule has 0 aliphatic heterocycles. The molecule has 1 saturated carbocycles. The van der Waals surface area contributed by atoms with E-state index in [1.807, 2.05) is 19.9 Å². The molecule has 3 nitrogen and oxygen atoms in total. The van der Waals surface area contributed by atoms with Gasteiger partial charge in [0.25, 0.3) is 0 Å². The van der Waals surface area contributed by atoms with E-state index in [1.54, 1.807) is 0 Å². The van der Waals surface area contributed by atoms with Crippen LogP contribution in [-0.4, -0.2) is 18.4 Å². The number of rotatable bonds is 6. The van der Waals surface area contributed by atoms with Gasteiger partial charge >= 0.3 is 5.97 Å². The fourth-order valence-corrected chi connectivity index (χ4v) is 2.52. The molecule has 0 amide bonds. The Hall–Kier alpha value is -1.56. The second-order valence-corrected chi connectivity index (χ2v) is 5.52. The van der Waals surface area contributed by atoms with E-state index in [1.165, 1.54) is 0 Å². The third-order valence-corrected chi connectivity index (χ3v) is 4.07. The van der Waals surface area contributed by atoms with Crippen LogP contribution < -0.4 is 0 Å². The summed E-state index contributed by atoms with van der Waals surface area (Å²) in [6.45, 7) is 6.29. The summed E-state index contributed by atoms with van der Waals surface area (Å²) >= 11 is 0. The first-order valence-corrected chi connectivity index (χ1v) is 7.91. The lowest BCUT2D eigenvalue weighted by Crippen LogP contribution is -2.37. The summed E-state index contributed by atoms with van der Waals surface area (Å²) in [5, 5.41) is 0. The highest BCUT2D eigenvalue weighted by molar-refractivity contribution is 6.05. The van der Waals surface area contributed by atoms with E-state index in [-0.39, 0.29) is 18.4 Å². The highest BCUT2D eigenvalue weighted by Gasteiger charge is 2.49. The van der Waals surface area contributed by atoms with Gasteiger partial charge in [-0.15, -0.1) is 11.8 Å². The predicted molar refractivity (Wildman–Crippen MR) is 83.6 cm³/mol. The van der Waals surface area contributed by atoms with E-state index >= 15 is 0 Å². The molecule has 21 heavy (non-hydrogen) atoms. The van der Waals surface area contributed by atoms with Crippen LogP contribution in [0, 0.1) is 17.3 Å². The third-order valence-electron chi connectivity index (χ3n) is 4.07. The number of Topliss-reactive ketones (excluding diaryl/α,β-unsaturated/α-hetero) is 1. The average Bonchev–Trinajstić information content (AvgIpc) is 2.86. The zero-order chi connectivity index (χ0) is 15.7. The fraction of sp³-hybridized carbons (Fsp3) is 0.667. The molecule has 0 aromatic carbocycles. The Balaban J connectivity index is 2.76. The van der Waals surface area contributed by atoms with Gasteiger partial charge in [0.2, 0.25) is 0 Å². The number of ketones is 1. The summed E-state index contributed by atoms with van der Waals surface area (Å²) in [6.07, 6.45) is 6.70. The first-order valence-electron chi connectivity index (χ1n) is 7.91. The topological polar surface area (TPSA) is 43.4 Å². The van der Waals surface area contributed by atoms with Crippen LogP contribution in [0.3, 0.4) is 0 Å². The number of esters is 1. The zero-order valence-corrected chi connectivity index (χ0v) is 13.5. The second-order valence-electron chi connectivity index (χ2n) is 5.52. The lowest BCUT2D eigenvalue weighted by molar-refractivity contribution is -0.158. The number of unbranched alkanes of at least 4 members (excludes halogenated alkanes) is 1. The predicted octanol–water partition coefficient (Wildman–Crippen LogP) is 3.82. The fourth-order valence-electron chi connectivity index (χ4n) is 2.52. The van der Waals surface area contributed by atoms with Crippen molar-refractivity contribution in [3.05, 3.63) is 11.6 Å². The van der Waals surface area contributed by atoms with Gasteiger partial charge in [0.1, 0.15) is 12.0 Å². The first-order chi connectivity index (χ1) is 10.1. The lowest BCUT2D eigenvalue weighted by Gasteiger charge is -2.23. The van der Waals surface area contributed by atoms with Crippen molar-refractivity contribution in [1.82, 2.24) is 0 Å². The Morgan fingerprint density at radius 3 is 2.67 bits per heavy atom. The number of ether oxygens (including phenoxy) is 1. The Morgan fingerprint density at radius 2 is 2.14 bits per heavy atom. The summed E-state index contributed by atoms with van der Waals surface area (Å²) in [4.78, 5) is 24.6. The molecule has 1 aliphatic rings. The van der Waals surface area contributed by atoms with E-state index in [4.69, 9.17) is 4.74 Å². The lowest BCUT2D eigenvalue weighted by atomic mass is 9.82. The molecule has 116 valence electrons. The molecule has 0 N–H and O–H groups in total.